The molecule has 1 atom stereocenters. The SMILES string of the molecule is CC(Sc1nnc(NCCc2cccs2)s1)C(=O)NC(=O)NC1CCCC1. The van der Waals surface area contributed by atoms with Gasteiger partial charge >= 0.3 is 6.03 Å². The number of nitrogens with zero attached hydrogens (tertiary/aromatic N) is 2. The molecule has 10 heteroatoms. The summed E-state index contributed by atoms with van der Waals surface area (Å²) in [5, 5.41) is 19.1. The van der Waals surface area contributed by atoms with E-state index in [9.17, 15) is 9.59 Å². The van der Waals surface area contributed by atoms with E-state index >= 15 is 0 Å². The highest BCUT2D eigenvalue weighted by Gasteiger charge is 2.22. The lowest BCUT2D eigenvalue weighted by molar-refractivity contribution is -0.119. The number of nitrogens with one attached hydrogen (secondary N) is 3. The molecular weight excluding hydrogens is 402 g/mol. The van der Waals surface area contributed by atoms with Crippen LogP contribution in [0.2, 0.25) is 0 Å². The van der Waals surface area contributed by atoms with Crippen molar-refractivity contribution in [1.82, 2.24) is 20.8 Å². The summed E-state index contributed by atoms with van der Waals surface area (Å²) >= 11 is 4.45. The molecular formula is C17H23N5O2S3. The van der Waals surface area contributed by atoms with Gasteiger partial charge in [0.05, 0.1) is 5.25 Å². The summed E-state index contributed by atoms with van der Waals surface area (Å²) in [5.41, 5.74) is 0. The molecule has 0 radical (unpaired) electrons. The van der Waals surface area contributed by atoms with Crippen molar-refractivity contribution >= 4 is 51.5 Å². The van der Waals surface area contributed by atoms with E-state index in [1.807, 2.05) is 6.07 Å². The first-order valence-corrected chi connectivity index (χ1v) is 11.6. The third kappa shape index (κ3) is 6.47. The van der Waals surface area contributed by atoms with E-state index in [1.165, 1.54) is 28.0 Å². The second-order valence-corrected chi connectivity index (χ2v) is 9.93. The summed E-state index contributed by atoms with van der Waals surface area (Å²) in [7, 11) is 0. The van der Waals surface area contributed by atoms with Crippen molar-refractivity contribution in [2.75, 3.05) is 11.9 Å². The number of carbonyl (C=O) groups is 2. The van der Waals surface area contributed by atoms with E-state index in [-0.39, 0.29) is 11.9 Å². The van der Waals surface area contributed by atoms with Crippen LogP contribution < -0.4 is 16.0 Å². The van der Waals surface area contributed by atoms with E-state index in [0.717, 1.165) is 43.8 Å². The number of thioether (sulfide) groups is 1. The lowest BCUT2D eigenvalue weighted by Gasteiger charge is -2.14. The van der Waals surface area contributed by atoms with Gasteiger partial charge in [-0.15, -0.1) is 21.5 Å². The monoisotopic (exact) mass is 425 g/mol. The molecule has 1 fully saturated rings. The maximum Gasteiger partial charge on any atom is 0.321 e. The smallest absolute Gasteiger partial charge is 0.321 e. The number of carbonyl (C=O) groups excluding carboxylic acids is 2. The molecule has 7 nitrogen and oxygen atoms in total. The van der Waals surface area contributed by atoms with Gasteiger partial charge in [-0.25, -0.2) is 4.79 Å². The van der Waals surface area contributed by atoms with Crippen LogP contribution in [-0.2, 0) is 11.2 Å². The zero-order chi connectivity index (χ0) is 19.1. The van der Waals surface area contributed by atoms with Crippen molar-refractivity contribution in [2.45, 2.75) is 54.7 Å². The van der Waals surface area contributed by atoms with Gasteiger partial charge in [0.1, 0.15) is 0 Å². The van der Waals surface area contributed by atoms with Crippen LogP contribution in [0.5, 0.6) is 0 Å². The Hall–Kier alpha value is -1.65. The minimum absolute atomic E-state index is 0.187. The highest BCUT2D eigenvalue weighted by atomic mass is 32.2. The molecule has 0 spiro atoms. The van der Waals surface area contributed by atoms with E-state index in [2.05, 4.69) is 37.6 Å². The number of hydrogen-bond acceptors (Lipinski definition) is 8. The number of urea groups is 1. The van der Waals surface area contributed by atoms with Gasteiger partial charge in [0.15, 0.2) is 4.34 Å². The summed E-state index contributed by atoms with van der Waals surface area (Å²) in [5.74, 6) is -0.321. The molecule has 1 aliphatic carbocycles. The first-order chi connectivity index (χ1) is 13.1. The normalized spacial score (nSPS) is 15.4. The van der Waals surface area contributed by atoms with Crippen LogP contribution in [0.4, 0.5) is 9.93 Å². The van der Waals surface area contributed by atoms with E-state index < -0.39 is 11.3 Å². The Bertz CT molecular complexity index is 744. The first kappa shape index (κ1) is 20.1. The fourth-order valence-corrected chi connectivity index (χ4v) is 5.42. The fourth-order valence-electron chi connectivity index (χ4n) is 2.79. The minimum Gasteiger partial charge on any atom is -0.360 e. The average molecular weight is 426 g/mol. The molecule has 1 unspecified atom stereocenters. The van der Waals surface area contributed by atoms with E-state index in [0.29, 0.717) is 4.34 Å². The Morgan fingerprint density at radius 1 is 1.33 bits per heavy atom. The lowest BCUT2D eigenvalue weighted by Crippen LogP contribution is -2.45. The number of imide groups is 1. The Labute approximate surface area is 170 Å². The largest absolute Gasteiger partial charge is 0.360 e. The quantitative estimate of drug-likeness (QED) is 0.560. The van der Waals surface area contributed by atoms with Crippen LogP contribution in [0.1, 0.15) is 37.5 Å². The minimum atomic E-state index is -0.425. The van der Waals surface area contributed by atoms with Crippen LogP contribution >= 0.6 is 34.4 Å². The van der Waals surface area contributed by atoms with Gasteiger partial charge in [-0.1, -0.05) is 42.0 Å². The van der Waals surface area contributed by atoms with E-state index in [4.69, 9.17) is 0 Å². The molecule has 0 aromatic carbocycles. The molecule has 0 aliphatic heterocycles. The Morgan fingerprint density at radius 2 is 2.15 bits per heavy atom. The van der Waals surface area contributed by atoms with Crippen molar-refractivity contribution in [3.63, 3.8) is 0 Å². The Kier molecular flexibility index (Phi) is 7.48. The number of amides is 3. The number of thiophene rings is 1. The van der Waals surface area contributed by atoms with Crippen molar-refractivity contribution in [3.05, 3.63) is 22.4 Å². The van der Waals surface area contributed by atoms with E-state index in [1.54, 1.807) is 18.3 Å². The number of hydrogen-bond donors (Lipinski definition) is 3. The third-order valence-corrected chi connectivity index (χ3v) is 7.21. The van der Waals surface area contributed by atoms with Gasteiger partial charge < -0.3 is 10.6 Å². The number of aromatic nitrogens is 2. The zero-order valence-electron chi connectivity index (χ0n) is 15.1. The molecule has 146 valence electrons. The second-order valence-electron chi connectivity index (χ2n) is 6.33. The van der Waals surface area contributed by atoms with Crippen LogP contribution in [0.15, 0.2) is 21.9 Å². The molecule has 3 amide bonds. The maximum atomic E-state index is 12.2. The lowest BCUT2D eigenvalue weighted by atomic mass is 10.2. The zero-order valence-corrected chi connectivity index (χ0v) is 17.5. The predicted molar refractivity (Wildman–Crippen MR) is 111 cm³/mol. The van der Waals surface area contributed by atoms with Gasteiger partial charge in [-0.2, -0.15) is 0 Å². The summed E-state index contributed by atoms with van der Waals surface area (Å²) in [6, 6.07) is 3.93. The average Bonchev–Trinajstić information content (AvgIpc) is 3.38. The third-order valence-electron chi connectivity index (χ3n) is 4.21. The summed E-state index contributed by atoms with van der Waals surface area (Å²) in [6.45, 7) is 2.55. The standard InChI is InChI=1S/C17H23N5O2S3/c1-11(14(23)20-15(24)19-12-5-2-3-6-12)26-17-22-21-16(27-17)18-9-8-13-7-4-10-25-13/h4,7,10-12H,2-3,5-6,8-9H2,1H3,(H,18,21)(H2,19,20,23,24). The van der Waals surface area contributed by atoms with Gasteiger partial charge in [0.2, 0.25) is 11.0 Å². The molecule has 3 rings (SSSR count). The first-order valence-electron chi connectivity index (χ1n) is 8.98. The molecule has 2 aromatic rings. The number of anilines is 1. The molecule has 1 saturated carbocycles. The summed E-state index contributed by atoms with van der Waals surface area (Å²) in [4.78, 5) is 25.4. The Balaban J connectivity index is 1.39. The van der Waals surface area contributed by atoms with Crippen LogP contribution in [0.3, 0.4) is 0 Å². The molecule has 27 heavy (non-hydrogen) atoms. The predicted octanol–water partition coefficient (Wildman–Crippen LogP) is 3.50. The van der Waals surface area contributed by atoms with Gasteiger partial charge in [0, 0.05) is 17.5 Å². The summed E-state index contributed by atoms with van der Waals surface area (Å²) < 4.78 is 0.701. The van der Waals surface area contributed by atoms with Crippen molar-refractivity contribution in [3.8, 4) is 0 Å². The van der Waals surface area contributed by atoms with Crippen LogP contribution in [0.25, 0.3) is 0 Å². The molecule has 1 aliphatic rings. The second kappa shape index (κ2) is 10.0. The molecule has 0 bridgehead atoms. The van der Waals surface area contributed by atoms with Gasteiger partial charge in [-0.3, -0.25) is 10.1 Å². The number of rotatable bonds is 8. The molecule has 2 aromatic heterocycles. The molecule has 2 heterocycles. The Morgan fingerprint density at radius 3 is 2.89 bits per heavy atom. The topological polar surface area (TPSA) is 96.0 Å². The van der Waals surface area contributed by atoms with Crippen molar-refractivity contribution in [2.24, 2.45) is 0 Å². The maximum absolute atomic E-state index is 12.2. The highest BCUT2D eigenvalue weighted by Crippen LogP contribution is 2.29. The molecule has 3 N–H and O–H groups in total. The van der Waals surface area contributed by atoms with Crippen molar-refractivity contribution in [1.29, 1.82) is 0 Å². The van der Waals surface area contributed by atoms with Crippen LogP contribution in [-0.4, -0.2) is 40.0 Å². The summed E-state index contributed by atoms with van der Waals surface area (Å²) in [6.07, 6.45) is 5.17. The van der Waals surface area contributed by atoms with Crippen LogP contribution in [0, 0.1) is 0 Å². The molecule has 0 saturated heterocycles. The van der Waals surface area contributed by atoms with Gasteiger partial charge in [-0.05, 0) is 37.6 Å². The fraction of sp³-hybridized carbons (Fsp3) is 0.529. The van der Waals surface area contributed by atoms with Crippen molar-refractivity contribution < 1.29 is 9.59 Å². The highest BCUT2D eigenvalue weighted by molar-refractivity contribution is 8.02. The van der Waals surface area contributed by atoms with Gasteiger partial charge in [0.25, 0.3) is 0 Å².